The first-order valence-electron chi connectivity index (χ1n) is 21.5. The van der Waals surface area contributed by atoms with Crippen molar-refractivity contribution < 1.29 is 62.6 Å². The van der Waals surface area contributed by atoms with E-state index < -0.39 is 47.3 Å². The number of imidazole rings is 2. The van der Waals surface area contributed by atoms with Crippen LogP contribution in [0.15, 0.2) is 48.5 Å². The van der Waals surface area contributed by atoms with Gasteiger partial charge in [-0.05, 0) is 67.5 Å². The molecule has 6 aromatic rings. The molecular weight excluding hydrogens is 873 g/mol. The van der Waals surface area contributed by atoms with Gasteiger partial charge in [-0.1, -0.05) is 36.4 Å². The van der Waals surface area contributed by atoms with E-state index in [2.05, 4.69) is 44.2 Å². The molecule has 4 aromatic heterocycles. The number of carbonyl (C=O) groups is 5. The van der Waals surface area contributed by atoms with E-state index in [0.717, 1.165) is 38.7 Å². The molecule has 2 atom stereocenters. The summed E-state index contributed by atoms with van der Waals surface area (Å²) in [4.78, 5) is 71.5. The maximum Gasteiger partial charge on any atom is 0.347 e. The van der Waals surface area contributed by atoms with Crippen molar-refractivity contribution in [3.8, 4) is 0 Å². The summed E-state index contributed by atoms with van der Waals surface area (Å²) >= 11 is 0. The second kappa shape index (κ2) is 22.1. The maximum atomic E-state index is 11.6. The molecule has 8 rings (SSSR count). The molecule has 360 valence electrons. The topological polar surface area (TPSA) is 281 Å². The molecule has 0 bridgehead atoms. The van der Waals surface area contributed by atoms with E-state index in [1.54, 1.807) is 27.7 Å². The number of aromatic nitrogens is 6. The highest BCUT2D eigenvalue weighted by Gasteiger charge is 2.32. The average molecular weight is 931 g/mol. The largest absolute Gasteiger partial charge is 0.451 e. The molecule has 2 unspecified atom stereocenters. The van der Waals surface area contributed by atoms with Crippen LogP contribution in [0.5, 0.6) is 0 Å². The molecule has 21 nitrogen and oxygen atoms in total. The zero-order chi connectivity index (χ0) is 49.2. The van der Waals surface area contributed by atoms with Crippen molar-refractivity contribution in [2.75, 3.05) is 37.5 Å². The van der Waals surface area contributed by atoms with Crippen molar-refractivity contribution >= 4 is 85.3 Å². The van der Waals surface area contributed by atoms with Crippen LogP contribution in [0.25, 0.3) is 43.9 Å². The predicted octanol–water partition coefficient (Wildman–Crippen LogP) is 4.27. The third kappa shape index (κ3) is 13.6. The number of aliphatic hydroxyl groups is 2. The molecule has 2 aromatic carbocycles. The number of nitrogens with two attached hydrogens (primary N) is 1. The molecule has 2 aliphatic heterocycles. The van der Waals surface area contributed by atoms with Crippen molar-refractivity contribution in [3.63, 3.8) is 0 Å². The van der Waals surface area contributed by atoms with E-state index in [4.69, 9.17) is 15.2 Å². The van der Waals surface area contributed by atoms with Gasteiger partial charge in [0.1, 0.15) is 35.9 Å². The number of ether oxygens (including phenoxy) is 6. The van der Waals surface area contributed by atoms with Crippen LogP contribution in [0.1, 0.15) is 74.0 Å². The van der Waals surface area contributed by atoms with Gasteiger partial charge in [0, 0.05) is 30.9 Å². The minimum Gasteiger partial charge on any atom is -0.451 e. The van der Waals surface area contributed by atoms with Gasteiger partial charge in [-0.15, -0.1) is 0 Å². The lowest BCUT2D eigenvalue weighted by Gasteiger charge is -2.22. The number of nitrogens with zero attached hydrogens (tertiary/aromatic N) is 6. The van der Waals surface area contributed by atoms with E-state index >= 15 is 0 Å². The molecule has 0 radical (unpaired) electrons. The Labute approximate surface area is 385 Å². The molecule has 5 N–H and O–H groups in total. The first kappa shape index (κ1) is 51.2. The molecular formula is C46H58N8O13. The summed E-state index contributed by atoms with van der Waals surface area (Å²) in [5, 5.41) is 25.4. The van der Waals surface area contributed by atoms with Gasteiger partial charge in [-0.3, -0.25) is 4.79 Å². The Kier molecular flexibility index (Phi) is 16.9. The lowest BCUT2D eigenvalue weighted by atomic mass is 10.1. The number of rotatable bonds is 11. The van der Waals surface area contributed by atoms with E-state index in [-0.39, 0.29) is 19.1 Å². The van der Waals surface area contributed by atoms with Crippen molar-refractivity contribution in [2.24, 2.45) is 0 Å². The number of anilines is 2. The average Bonchev–Trinajstić information content (AvgIpc) is 3.80. The summed E-state index contributed by atoms with van der Waals surface area (Å²) in [6, 6.07) is 15.5. The number of nitrogen functional groups attached to an aromatic ring is 1. The lowest BCUT2D eigenvalue weighted by molar-refractivity contribution is -0.191. The first-order valence-corrected chi connectivity index (χ1v) is 21.5. The Morgan fingerprint density at radius 2 is 1.13 bits per heavy atom. The summed E-state index contributed by atoms with van der Waals surface area (Å²) in [5.41, 5.74) is 8.83. The predicted molar refractivity (Wildman–Crippen MR) is 245 cm³/mol. The maximum absolute atomic E-state index is 11.6. The fraction of sp³-hybridized carbons (Fsp3) is 0.457. The van der Waals surface area contributed by atoms with Gasteiger partial charge in [0.15, 0.2) is 37.1 Å². The van der Waals surface area contributed by atoms with Crippen LogP contribution in [-0.4, -0.2) is 119 Å². The minimum atomic E-state index is -0.937. The highest BCUT2D eigenvalue weighted by molar-refractivity contribution is 6.09. The fourth-order valence-corrected chi connectivity index (χ4v) is 6.76. The van der Waals surface area contributed by atoms with Crippen molar-refractivity contribution in [1.82, 2.24) is 29.1 Å². The fourth-order valence-electron chi connectivity index (χ4n) is 6.76. The molecule has 67 heavy (non-hydrogen) atoms. The van der Waals surface area contributed by atoms with E-state index in [0.29, 0.717) is 68.0 Å². The van der Waals surface area contributed by atoms with Gasteiger partial charge in [-0.25, -0.2) is 39.1 Å². The molecule has 0 aliphatic carbocycles. The van der Waals surface area contributed by atoms with Crippen LogP contribution in [0.4, 0.5) is 11.6 Å². The number of pyridine rings is 2. The molecule has 21 heteroatoms. The van der Waals surface area contributed by atoms with E-state index in [9.17, 15) is 34.2 Å². The number of cyclic esters (lactones) is 4. The number of fused-ring (bicyclic) bond motifs is 6. The summed E-state index contributed by atoms with van der Waals surface area (Å²) in [6.07, 6.45) is -1.49. The summed E-state index contributed by atoms with van der Waals surface area (Å²) in [5.74, 6) is 0.109. The van der Waals surface area contributed by atoms with Crippen LogP contribution in [0, 0.1) is 0 Å². The number of amides is 1. The molecule has 0 spiro atoms. The number of benzene rings is 2. The Morgan fingerprint density at radius 3 is 1.55 bits per heavy atom. The Hall–Kier alpha value is -6.81. The van der Waals surface area contributed by atoms with Crippen LogP contribution in [0.3, 0.4) is 0 Å². The third-order valence-corrected chi connectivity index (χ3v) is 9.56. The number of para-hydroxylation sites is 2. The number of esters is 4. The Bertz CT molecular complexity index is 2710. The van der Waals surface area contributed by atoms with E-state index in [1.165, 1.54) is 20.8 Å². The van der Waals surface area contributed by atoms with Crippen LogP contribution >= 0.6 is 0 Å². The van der Waals surface area contributed by atoms with Crippen molar-refractivity contribution in [1.29, 1.82) is 0 Å². The minimum absolute atomic E-state index is 0.211. The standard InChI is InChI=1S/C19H24N4O3.C17H22N4O2.C6H8O4.C4H4O4/c1-5-26-10-15-22-16-17(23(15)11-19(3,4)25)13-8-6-7-9-14(13)21-18(16)20-12(2)24;1-4-23-9-13-20-14-15(21(13)10-17(2,3)22)11-7-5-6-8-12(11)19-16(14)18;1-3-5(7)10-4(2)6(8)9-3;5-3-1-7-4(6)2-8-3/h6-9,25H,5,10-11H2,1-4H3,(H,20,21,24);5-8,22H,4,9-10H2,1-3H3,(H2,18,19);3-4H,1-2H3;1-2H2. The smallest absolute Gasteiger partial charge is 0.347 e. The summed E-state index contributed by atoms with van der Waals surface area (Å²) in [6.45, 7) is 17.4. The molecule has 2 aliphatic rings. The van der Waals surface area contributed by atoms with Crippen molar-refractivity contribution in [3.05, 3.63) is 60.2 Å². The number of hydrogen-bond acceptors (Lipinski definition) is 18. The van der Waals surface area contributed by atoms with Gasteiger partial charge in [0.05, 0.1) is 46.4 Å². The summed E-state index contributed by atoms with van der Waals surface area (Å²) in [7, 11) is 0. The quantitative estimate of drug-likeness (QED) is 0.104. The first-order chi connectivity index (χ1) is 31.6. The zero-order valence-electron chi connectivity index (χ0n) is 39.1. The number of hydrogen-bond donors (Lipinski definition) is 4. The second-order valence-electron chi connectivity index (χ2n) is 16.7. The van der Waals surface area contributed by atoms with Gasteiger partial charge in [-0.2, -0.15) is 0 Å². The van der Waals surface area contributed by atoms with Gasteiger partial charge < -0.3 is 58.8 Å². The number of nitrogens with one attached hydrogen (secondary N) is 1. The Balaban J connectivity index is 0.000000185. The SMILES string of the molecule is CC1OC(=O)C(C)OC1=O.CCOCc1nc2c(N)nc3ccccc3c2n1CC(C)(C)O.CCOCc1nc2c(NC(C)=O)nc3ccccc3c2n1CC(C)(C)O.O=C1COC(=O)CO1. The zero-order valence-corrected chi connectivity index (χ0v) is 39.1. The van der Waals surface area contributed by atoms with Crippen LogP contribution < -0.4 is 11.1 Å². The second-order valence-corrected chi connectivity index (χ2v) is 16.7. The molecule has 2 fully saturated rings. The molecule has 1 amide bonds. The molecule has 2 saturated heterocycles. The molecule has 0 saturated carbocycles. The van der Waals surface area contributed by atoms with Gasteiger partial charge in [0.2, 0.25) is 5.91 Å². The highest BCUT2D eigenvalue weighted by Crippen LogP contribution is 2.32. The molecule has 6 heterocycles. The van der Waals surface area contributed by atoms with Crippen LogP contribution in [0.2, 0.25) is 0 Å². The summed E-state index contributed by atoms with van der Waals surface area (Å²) < 4.78 is 32.8. The van der Waals surface area contributed by atoms with E-state index in [1.807, 2.05) is 71.5 Å². The monoisotopic (exact) mass is 930 g/mol. The normalized spacial score (nSPS) is 16.2. The van der Waals surface area contributed by atoms with Crippen LogP contribution in [-0.2, 0) is 78.7 Å². The lowest BCUT2D eigenvalue weighted by Crippen LogP contribution is -2.40. The Morgan fingerprint density at radius 1 is 0.716 bits per heavy atom. The van der Waals surface area contributed by atoms with Gasteiger partial charge in [0.25, 0.3) is 0 Å². The van der Waals surface area contributed by atoms with Crippen molar-refractivity contribution in [2.45, 2.75) is 112 Å². The number of carbonyl (C=O) groups excluding carboxylic acids is 5. The highest BCUT2D eigenvalue weighted by atomic mass is 16.6. The third-order valence-electron chi connectivity index (χ3n) is 9.56. The van der Waals surface area contributed by atoms with Gasteiger partial charge >= 0.3 is 23.9 Å².